The number of carbonyl (C=O) groups excluding carboxylic acids is 1. The lowest BCUT2D eigenvalue weighted by atomic mass is 9.94. The van der Waals surface area contributed by atoms with Gasteiger partial charge in [0.25, 0.3) is 5.91 Å². The molecule has 0 aliphatic carbocycles. The number of pyridine rings is 1. The van der Waals surface area contributed by atoms with Gasteiger partial charge in [0, 0.05) is 41.0 Å². The number of fused-ring (bicyclic) bond motifs is 1. The lowest BCUT2D eigenvalue weighted by Gasteiger charge is -2.35. The molecule has 3 aromatic carbocycles. The third-order valence-electron chi connectivity index (χ3n) is 7.45. The fourth-order valence-corrected chi connectivity index (χ4v) is 5.49. The van der Waals surface area contributed by atoms with Gasteiger partial charge in [-0.15, -0.1) is 0 Å². The quantitative estimate of drug-likeness (QED) is 0.307. The Labute approximate surface area is 227 Å². The van der Waals surface area contributed by atoms with E-state index < -0.39 is 0 Å². The van der Waals surface area contributed by atoms with Crippen LogP contribution in [0.4, 0.5) is 5.82 Å². The molecule has 2 aromatic heterocycles. The molecule has 1 fully saturated rings. The molecule has 5 aromatic rings. The first kappa shape index (κ1) is 24.5. The summed E-state index contributed by atoms with van der Waals surface area (Å²) >= 11 is 0. The monoisotopic (exact) mass is 512 g/mol. The molecule has 192 valence electrons. The molecule has 6 rings (SSSR count). The minimum atomic E-state index is -0.122. The molecule has 7 nitrogen and oxygen atoms in total. The molecular weight excluding hydrogens is 484 g/mol. The van der Waals surface area contributed by atoms with Crippen molar-refractivity contribution in [3.63, 3.8) is 0 Å². The Morgan fingerprint density at radius 2 is 1.92 bits per heavy atom. The Morgan fingerprint density at radius 3 is 2.72 bits per heavy atom. The largest absolute Gasteiger partial charge is 0.315 e. The number of benzene rings is 3. The van der Waals surface area contributed by atoms with Gasteiger partial charge in [0.15, 0.2) is 0 Å². The zero-order valence-corrected chi connectivity index (χ0v) is 21.7. The molecule has 0 spiro atoms. The maximum atomic E-state index is 14.4. The highest BCUT2D eigenvalue weighted by molar-refractivity contribution is 6.11. The summed E-state index contributed by atoms with van der Waals surface area (Å²) < 4.78 is 0. The van der Waals surface area contributed by atoms with Gasteiger partial charge in [-0.3, -0.25) is 14.8 Å². The molecule has 1 atom stereocenters. The Hall–Kier alpha value is -4.80. The fraction of sp³-hybridized carbons (Fsp3) is 0.188. The van der Waals surface area contributed by atoms with E-state index in [2.05, 4.69) is 40.6 Å². The van der Waals surface area contributed by atoms with Gasteiger partial charge in [0.2, 0.25) is 0 Å². The van der Waals surface area contributed by atoms with Gasteiger partial charge < -0.3 is 5.32 Å². The Balaban J connectivity index is 1.47. The topological polar surface area (TPSA) is 97.7 Å². The Kier molecular flexibility index (Phi) is 6.62. The molecular formula is C32H28N6O. The van der Waals surface area contributed by atoms with Gasteiger partial charge in [0.05, 0.1) is 23.9 Å². The second-order valence-electron chi connectivity index (χ2n) is 9.92. The lowest BCUT2D eigenvalue weighted by Crippen LogP contribution is -2.49. The summed E-state index contributed by atoms with van der Waals surface area (Å²) in [4.78, 5) is 21.0. The number of anilines is 1. The number of aromatic amines is 1. The first-order chi connectivity index (χ1) is 19.1. The minimum Gasteiger partial charge on any atom is -0.315 e. The minimum absolute atomic E-state index is 0.0348. The third kappa shape index (κ3) is 4.67. The molecule has 1 amide bonds. The second kappa shape index (κ2) is 10.5. The van der Waals surface area contributed by atoms with Crippen LogP contribution >= 0.6 is 0 Å². The van der Waals surface area contributed by atoms with Crippen molar-refractivity contribution < 1.29 is 4.79 Å². The number of H-pyrrole nitrogens is 1. The van der Waals surface area contributed by atoms with Crippen molar-refractivity contribution in [3.8, 4) is 28.3 Å². The molecule has 0 radical (unpaired) electrons. The average Bonchev–Trinajstić information content (AvgIpc) is 3.53. The van der Waals surface area contributed by atoms with Gasteiger partial charge >= 0.3 is 0 Å². The van der Waals surface area contributed by atoms with Crippen molar-refractivity contribution in [2.75, 3.05) is 18.0 Å². The van der Waals surface area contributed by atoms with Gasteiger partial charge in [-0.1, -0.05) is 36.4 Å². The van der Waals surface area contributed by atoms with Crippen LogP contribution < -0.4 is 10.2 Å². The molecule has 1 aliphatic rings. The smallest absolute Gasteiger partial charge is 0.259 e. The van der Waals surface area contributed by atoms with Gasteiger partial charge in [-0.05, 0) is 78.7 Å². The van der Waals surface area contributed by atoms with E-state index in [1.807, 2.05) is 53.6 Å². The lowest BCUT2D eigenvalue weighted by molar-refractivity contribution is 0.0972. The number of carbonyl (C=O) groups is 1. The van der Waals surface area contributed by atoms with E-state index in [1.54, 1.807) is 24.5 Å². The molecule has 1 aliphatic heterocycles. The zero-order chi connectivity index (χ0) is 26.8. The van der Waals surface area contributed by atoms with Crippen LogP contribution in [0.5, 0.6) is 0 Å². The second-order valence-corrected chi connectivity index (χ2v) is 9.92. The predicted octanol–water partition coefficient (Wildman–Crippen LogP) is 5.87. The van der Waals surface area contributed by atoms with E-state index in [1.165, 1.54) is 0 Å². The normalized spacial score (nSPS) is 15.1. The van der Waals surface area contributed by atoms with E-state index >= 15 is 0 Å². The van der Waals surface area contributed by atoms with Gasteiger partial charge in [-0.2, -0.15) is 10.4 Å². The third-order valence-corrected chi connectivity index (χ3v) is 7.45. The maximum absolute atomic E-state index is 14.4. The van der Waals surface area contributed by atoms with Crippen LogP contribution in [0.25, 0.3) is 33.0 Å². The molecule has 1 saturated heterocycles. The summed E-state index contributed by atoms with van der Waals surface area (Å²) in [5.74, 6) is 0.556. The highest BCUT2D eigenvalue weighted by Gasteiger charge is 2.30. The van der Waals surface area contributed by atoms with Gasteiger partial charge in [-0.25, -0.2) is 4.98 Å². The first-order valence-corrected chi connectivity index (χ1v) is 13.2. The molecule has 39 heavy (non-hydrogen) atoms. The van der Waals surface area contributed by atoms with E-state index in [0.717, 1.165) is 58.0 Å². The predicted molar refractivity (Wildman–Crippen MR) is 153 cm³/mol. The summed E-state index contributed by atoms with van der Waals surface area (Å²) in [7, 11) is 0. The van der Waals surface area contributed by atoms with Crippen LogP contribution in [0.3, 0.4) is 0 Å². The molecule has 2 N–H and O–H groups in total. The van der Waals surface area contributed by atoms with Crippen LogP contribution in [-0.4, -0.2) is 40.2 Å². The number of aryl methyl sites for hydroxylation is 1. The molecule has 0 saturated carbocycles. The number of aromatic nitrogens is 3. The number of hydrogen-bond donors (Lipinski definition) is 2. The molecule has 3 heterocycles. The van der Waals surface area contributed by atoms with Crippen molar-refractivity contribution in [2.24, 2.45) is 0 Å². The summed E-state index contributed by atoms with van der Waals surface area (Å²) in [6.45, 7) is 3.70. The van der Waals surface area contributed by atoms with Crippen LogP contribution in [0.15, 0.2) is 85.3 Å². The number of hydrogen-bond acceptors (Lipinski definition) is 5. The van der Waals surface area contributed by atoms with E-state index in [0.29, 0.717) is 23.5 Å². The number of amides is 1. The standard InChI is InChI=1S/C32H28N6O/c1-21-5-2-6-22-12-14-35-31(30(21)22)38(28-9-4-13-34-20-28)32(39)25-10-11-26(17-33)29(16-25)24-8-3-7-23(15-24)27-18-36-37-19-27/h2-3,5-8,10-12,14-16,18-19,28,34H,4,9,13,20H2,1H3,(H,36,37)/t28-/m1/s1. The van der Waals surface area contributed by atoms with Crippen LogP contribution in [0, 0.1) is 18.3 Å². The number of nitriles is 1. The SMILES string of the molecule is Cc1cccc2ccnc(N(C(=O)c3ccc(C#N)c(-c4cccc(-c5cn[nH]c5)c4)c3)[C@@H]3CCCNC3)c12. The first-order valence-electron chi connectivity index (χ1n) is 13.2. The highest BCUT2D eigenvalue weighted by Crippen LogP contribution is 2.33. The van der Waals surface area contributed by atoms with Crippen LogP contribution in [0.1, 0.15) is 34.3 Å². The van der Waals surface area contributed by atoms with Crippen molar-refractivity contribution in [3.05, 3.63) is 102 Å². The molecule has 0 bridgehead atoms. The molecule has 7 heteroatoms. The maximum Gasteiger partial charge on any atom is 0.259 e. The highest BCUT2D eigenvalue weighted by atomic mass is 16.2. The van der Waals surface area contributed by atoms with Crippen LogP contribution in [0.2, 0.25) is 0 Å². The van der Waals surface area contributed by atoms with E-state index in [4.69, 9.17) is 4.98 Å². The summed E-state index contributed by atoms with van der Waals surface area (Å²) in [6.07, 6.45) is 7.24. The Bertz CT molecular complexity index is 1690. The van der Waals surface area contributed by atoms with Crippen molar-refractivity contribution in [1.29, 1.82) is 5.26 Å². The van der Waals surface area contributed by atoms with Crippen molar-refractivity contribution >= 4 is 22.5 Å². The van der Waals surface area contributed by atoms with E-state index in [-0.39, 0.29) is 11.9 Å². The zero-order valence-electron chi connectivity index (χ0n) is 21.7. The van der Waals surface area contributed by atoms with Crippen LogP contribution in [-0.2, 0) is 0 Å². The Morgan fingerprint density at radius 1 is 1.05 bits per heavy atom. The summed E-state index contributed by atoms with van der Waals surface area (Å²) in [5, 5.41) is 22.3. The average molecular weight is 513 g/mol. The van der Waals surface area contributed by atoms with Crippen molar-refractivity contribution in [2.45, 2.75) is 25.8 Å². The molecule has 0 unspecified atom stereocenters. The number of nitrogens with zero attached hydrogens (tertiary/aromatic N) is 4. The fourth-order valence-electron chi connectivity index (χ4n) is 5.49. The van der Waals surface area contributed by atoms with E-state index in [9.17, 15) is 10.1 Å². The number of nitrogens with one attached hydrogen (secondary N) is 2. The number of rotatable bonds is 5. The summed E-state index contributed by atoms with van der Waals surface area (Å²) in [6, 6.07) is 23.7. The van der Waals surface area contributed by atoms with Gasteiger partial charge in [0.1, 0.15) is 5.82 Å². The summed E-state index contributed by atoms with van der Waals surface area (Å²) in [5.41, 5.74) is 5.64. The number of piperidine rings is 1. The van der Waals surface area contributed by atoms with Crippen molar-refractivity contribution in [1.82, 2.24) is 20.5 Å².